The Balaban J connectivity index is 1.46. The summed E-state index contributed by atoms with van der Waals surface area (Å²) in [6.07, 6.45) is 4.25. The van der Waals surface area contributed by atoms with E-state index in [1.54, 1.807) is 19.2 Å². The standard InChI is InChI=1S/C26H35N3O5S/c1-34-24-12-6-5-11-23(24)25(31)27-19-26(20-8-3-2-4-9-20)15-13-21(14-16-26)28-35(32,33)29-17-7-10-22(29)18-30/h2-6,8-9,11-12,21-22,28,30H,7,10,13-19H2,1H3,(H,27,31)/t21?,22-,26?/m0/s1. The van der Waals surface area contributed by atoms with Gasteiger partial charge in [0.15, 0.2) is 0 Å². The van der Waals surface area contributed by atoms with E-state index in [1.165, 1.54) is 4.31 Å². The van der Waals surface area contributed by atoms with E-state index in [4.69, 9.17) is 4.74 Å². The minimum atomic E-state index is -3.65. The molecule has 4 rings (SSSR count). The summed E-state index contributed by atoms with van der Waals surface area (Å²) in [4.78, 5) is 13.0. The normalized spacial score (nSPS) is 25.3. The predicted molar refractivity (Wildman–Crippen MR) is 135 cm³/mol. The first kappa shape index (κ1) is 25.6. The lowest BCUT2D eigenvalue weighted by molar-refractivity contribution is 0.0932. The zero-order valence-electron chi connectivity index (χ0n) is 20.2. The van der Waals surface area contributed by atoms with E-state index in [1.807, 2.05) is 30.3 Å². The molecular formula is C26H35N3O5S. The molecule has 1 atom stereocenters. The van der Waals surface area contributed by atoms with Crippen LogP contribution in [0.15, 0.2) is 54.6 Å². The molecule has 1 aliphatic carbocycles. The summed E-state index contributed by atoms with van der Waals surface area (Å²) in [6, 6.07) is 16.7. The van der Waals surface area contributed by atoms with Crippen molar-refractivity contribution in [2.75, 3.05) is 26.8 Å². The minimum Gasteiger partial charge on any atom is -0.496 e. The molecule has 35 heavy (non-hydrogen) atoms. The van der Waals surface area contributed by atoms with E-state index >= 15 is 0 Å². The van der Waals surface area contributed by atoms with Gasteiger partial charge >= 0.3 is 0 Å². The van der Waals surface area contributed by atoms with Crippen molar-refractivity contribution in [1.29, 1.82) is 0 Å². The van der Waals surface area contributed by atoms with Crippen LogP contribution in [-0.4, -0.2) is 62.6 Å². The molecule has 0 bridgehead atoms. The first-order chi connectivity index (χ1) is 16.9. The van der Waals surface area contributed by atoms with Crippen LogP contribution in [0.3, 0.4) is 0 Å². The van der Waals surface area contributed by atoms with Gasteiger partial charge in [0, 0.05) is 30.6 Å². The molecule has 1 aliphatic heterocycles. The number of para-hydroxylation sites is 1. The Morgan fingerprint density at radius 2 is 1.77 bits per heavy atom. The summed E-state index contributed by atoms with van der Waals surface area (Å²) < 4.78 is 35.6. The summed E-state index contributed by atoms with van der Waals surface area (Å²) in [5, 5.41) is 12.7. The van der Waals surface area contributed by atoms with Crippen LogP contribution >= 0.6 is 0 Å². The van der Waals surface area contributed by atoms with E-state index < -0.39 is 10.2 Å². The highest BCUT2D eigenvalue weighted by atomic mass is 32.2. The number of rotatable bonds is 9. The average Bonchev–Trinajstić information content (AvgIpc) is 3.39. The SMILES string of the molecule is COc1ccccc1C(=O)NCC1(c2ccccc2)CCC(NS(=O)(=O)N2CCC[C@H]2CO)CC1. The lowest BCUT2D eigenvalue weighted by Crippen LogP contribution is -2.51. The molecule has 1 saturated carbocycles. The van der Waals surface area contributed by atoms with Gasteiger partial charge in [0.25, 0.3) is 16.1 Å². The molecule has 2 aliphatic rings. The van der Waals surface area contributed by atoms with Crippen LogP contribution in [0.4, 0.5) is 0 Å². The smallest absolute Gasteiger partial charge is 0.280 e. The second-order valence-corrected chi connectivity index (χ2v) is 11.2. The number of aliphatic hydroxyl groups is 1. The molecule has 3 N–H and O–H groups in total. The number of nitrogens with one attached hydrogen (secondary N) is 2. The summed E-state index contributed by atoms with van der Waals surface area (Å²) in [6.45, 7) is 0.733. The van der Waals surface area contributed by atoms with E-state index in [9.17, 15) is 18.3 Å². The van der Waals surface area contributed by atoms with E-state index in [2.05, 4.69) is 22.2 Å². The molecule has 0 spiro atoms. The number of aliphatic hydroxyl groups excluding tert-OH is 1. The number of ether oxygens (including phenoxy) is 1. The molecule has 1 saturated heterocycles. The van der Waals surface area contributed by atoms with Gasteiger partial charge < -0.3 is 15.2 Å². The molecule has 0 unspecified atom stereocenters. The van der Waals surface area contributed by atoms with Crippen molar-refractivity contribution < 1.29 is 23.1 Å². The molecule has 2 aromatic rings. The largest absolute Gasteiger partial charge is 0.496 e. The Morgan fingerprint density at radius 1 is 1.09 bits per heavy atom. The Bertz CT molecular complexity index is 1100. The molecule has 2 fully saturated rings. The fraction of sp³-hybridized carbons (Fsp3) is 0.500. The molecule has 0 radical (unpaired) electrons. The van der Waals surface area contributed by atoms with Crippen LogP contribution in [0.1, 0.15) is 54.4 Å². The second kappa shape index (κ2) is 11.1. The zero-order chi connectivity index (χ0) is 24.9. The summed E-state index contributed by atoms with van der Waals surface area (Å²) >= 11 is 0. The molecule has 1 amide bonds. The predicted octanol–water partition coefficient (Wildman–Crippen LogP) is 2.60. The Labute approximate surface area is 207 Å². The zero-order valence-corrected chi connectivity index (χ0v) is 21.0. The number of methoxy groups -OCH3 is 1. The third-order valence-electron chi connectivity index (χ3n) is 7.43. The molecule has 190 valence electrons. The van der Waals surface area contributed by atoms with Gasteiger partial charge in [-0.3, -0.25) is 4.79 Å². The molecule has 8 nitrogen and oxygen atoms in total. The van der Waals surface area contributed by atoms with Crippen LogP contribution in [0.5, 0.6) is 5.75 Å². The quantitative estimate of drug-likeness (QED) is 0.490. The number of carbonyl (C=O) groups excluding carboxylic acids is 1. The third-order valence-corrected chi connectivity index (χ3v) is 9.16. The first-order valence-corrected chi connectivity index (χ1v) is 13.7. The van der Waals surface area contributed by atoms with Gasteiger partial charge in [0.1, 0.15) is 5.75 Å². The van der Waals surface area contributed by atoms with Gasteiger partial charge in [0.2, 0.25) is 0 Å². The Kier molecular flexibility index (Phi) is 8.11. The van der Waals surface area contributed by atoms with Gasteiger partial charge in [-0.15, -0.1) is 0 Å². The monoisotopic (exact) mass is 501 g/mol. The van der Waals surface area contributed by atoms with Gasteiger partial charge in [0.05, 0.1) is 19.3 Å². The number of benzene rings is 2. The lowest BCUT2D eigenvalue weighted by atomic mass is 9.68. The van der Waals surface area contributed by atoms with E-state index in [0.717, 1.165) is 24.8 Å². The molecular weight excluding hydrogens is 466 g/mol. The maximum absolute atomic E-state index is 13.0. The summed E-state index contributed by atoms with van der Waals surface area (Å²) in [5.41, 5.74) is 1.34. The maximum Gasteiger partial charge on any atom is 0.280 e. The molecule has 2 aromatic carbocycles. The maximum atomic E-state index is 13.0. The molecule has 1 heterocycles. The second-order valence-electron chi connectivity index (χ2n) is 9.52. The number of amides is 1. The average molecular weight is 502 g/mol. The topological polar surface area (TPSA) is 108 Å². The van der Waals surface area contributed by atoms with Crippen molar-refractivity contribution in [2.24, 2.45) is 0 Å². The van der Waals surface area contributed by atoms with Crippen molar-refractivity contribution >= 4 is 16.1 Å². The van der Waals surface area contributed by atoms with E-state index in [0.29, 0.717) is 43.7 Å². The van der Waals surface area contributed by atoms with Crippen molar-refractivity contribution in [1.82, 2.24) is 14.3 Å². The minimum absolute atomic E-state index is 0.158. The Morgan fingerprint density at radius 3 is 2.46 bits per heavy atom. The number of hydrogen-bond donors (Lipinski definition) is 3. The third kappa shape index (κ3) is 5.69. The molecule has 0 aromatic heterocycles. The van der Waals surface area contributed by atoms with Crippen LogP contribution in [0, 0.1) is 0 Å². The van der Waals surface area contributed by atoms with Gasteiger partial charge in [-0.2, -0.15) is 17.4 Å². The fourth-order valence-corrected chi connectivity index (χ4v) is 7.14. The van der Waals surface area contributed by atoms with E-state index in [-0.39, 0.29) is 30.0 Å². The van der Waals surface area contributed by atoms with Crippen LogP contribution in [-0.2, 0) is 15.6 Å². The van der Waals surface area contributed by atoms with Crippen LogP contribution in [0.25, 0.3) is 0 Å². The number of hydrogen-bond acceptors (Lipinski definition) is 5. The van der Waals surface area contributed by atoms with Crippen LogP contribution in [0.2, 0.25) is 0 Å². The van der Waals surface area contributed by atoms with Gasteiger partial charge in [-0.1, -0.05) is 42.5 Å². The first-order valence-electron chi connectivity index (χ1n) is 12.3. The van der Waals surface area contributed by atoms with Crippen molar-refractivity contribution in [3.8, 4) is 5.75 Å². The molecule has 9 heteroatoms. The van der Waals surface area contributed by atoms with Crippen LogP contribution < -0.4 is 14.8 Å². The highest BCUT2D eigenvalue weighted by molar-refractivity contribution is 7.87. The van der Waals surface area contributed by atoms with Crippen molar-refractivity contribution in [3.63, 3.8) is 0 Å². The van der Waals surface area contributed by atoms with Crippen molar-refractivity contribution in [3.05, 3.63) is 65.7 Å². The number of nitrogens with zero attached hydrogens (tertiary/aromatic N) is 1. The summed E-state index contributed by atoms with van der Waals surface area (Å²) in [5.74, 6) is 0.338. The lowest BCUT2D eigenvalue weighted by Gasteiger charge is -2.41. The highest BCUT2D eigenvalue weighted by Crippen LogP contribution is 2.39. The fourth-order valence-electron chi connectivity index (χ4n) is 5.41. The van der Waals surface area contributed by atoms with Gasteiger partial charge in [-0.05, 0) is 56.2 Å². The number of carbonyl (C=O) groups is 1. The van der Waals surface area contributed by atoms with Gasteiger partial charge in [-0.25, -0.2) is 0 Å². The Hall–Kier alpha value is -2.46. The van der Waals surface area contributed by atoms with Crippen molar-refractivity contribution in [2.45, 2.75) is 56.0 Å². The highest BCUT2D eigenvalue weighted by Gasteiger charge is 2.40. The summed E-state index contributed by atoms with van der Waals surface area (Å²) in [7, 11) is -2.11.